The first-order chi connectivity index (χ1) is 9.39. The summed E-state index contributed by atoms with van der Waals surface area (Å²) in [4.78, 5) is 11.1. The second-order valence-electron chi connectivity index (χ2n) is 4.69. The minimum absolute atomic E-state index is 0.221. The molecule has 0 fully saturated rings. The SMILES string of the molecule is CC(=O)OC1=CCN(S(=O)(=O)c2ccc(C)cc2)CC1. The van der Waals surface area contributed by atoms with Crippen LogP contribution in [0, 0.1) is 6.92 Å². The molecule has 2 rings (SSSR count). The third kappa shape index (κ3) is 3.26. The molecule has 0 unspecified atom stereocenters. The number of ether oxygens (including phenoxy) is 1. The lowest BCUT2D eigenvalue weighted by Gasteiger charge is -2.25. The van der Waals surface area contributed by atoms with Crippen LogP contribution in [0.3, 0.4) is 0 Å². The van der Waals surface area contributed by atoms with Crippen LogP contribution in [0.4, 0.5) is 0 Å². The van der Waals surface area contributed by atoms with Gasteiger partial charge in [-0.15, -0.1) is 0 Å². The average molecular weight is 295 g/mol. The maximum absolute atomic E-state index is 12.4. The van der Waals surface area contributed by atoms with Crippen molar-refractivity contribution in [1.29, 1.82) is 0 Å². The van der Waals surface area contributed by atoms with E-state index in [2.05, 4.69) is 0 Å². The van der Waals surface area contributed by atoms with E-state index in [1.54, 1.807) is 30.3 Å². The Labute approximate surface area is 118 Å². The third-order valence-electron chi connectivity index (χ3n) is 3.06. The van der Waals surface area contributed by atoms with Crippen LogP contribution in [0.5, 0.6) is 0 Å². The summed E-state index contributed by atoms with van der Waals surface area (Å²) in [6.45, 7) is 3.77. The summed E-state index contributed by atoms with van der Waals surface area (Å²) in [5.74, 6) is 0.152. The number of hydrogen-bond donors (Lipinski definition) is 0. The number of esters is 1. The van der Waals surface area contributed by atoms with E-state index in [0.717, 1.165) is 5.56 Å². The Morgan fingerprint density at radius 2 is 1.90 bits per heavy atom. The monoisotopic (exact) mass is 295 g/mol. The summed E-state index contributed by atoms with van der Waals surface area (Å²) in [5.41, 5.74) is 1.01. The van der Waals surface area contributed by atoms with Crippen molar-refractivity contribution < 1.29 is 17.9 Å². The number of nitrogens with zero attached hydrogens (tertiary/aromatic N) is 1. The first-order valence-electron chi connectivity index (χ1n) is 6.34. The molecule has 1 aromatic carbocycles. The Bertz CT molecular complexity index is 632. The molecule has 6 heteroatoms. The third-order valence-corrected chi connectivity index (χ3v) is 4.94. The normalized spacial score (nSPS) is 16.6. The van der Waals surface area contributed by atoms with E-state index in [0.29, 0.717) is 18.7 Å². The fourth-order valence-electron chi connectivity index (χ4n) is 1.99. The minimum atomic E-state index is -3.48. The molecular weight excluding hydrogens is 278 g/mol. The smallest absolute Gasteiger partial charge is 0.307 e. The molecule has 1 heterocycles. The van der Waals surface area contributed by atoms with Crippen LogP contribution in [-0.4, -0.2) is 31.8 Å². The lowest BCUT2D eigenvalue weighted by molar-refractivity contribution is -0.137. The van der Waals surface area contributed by atoms with Crippen LogP contribution in [-0.2, 0) is 19.6 Å². The molecule has 0 radical (unpaired) electrons. The molecule has 5 nitrogen and oxygen atoms in total. The fraction of sp³-hybridized carbons (Fsp3) is 0.357. The van der Waals surface area contributed by atoms with Crippen molar-refractivity contribution in [3.05, 3.63) is 41.7 Å². The molecule has 0 atom stereocenters. The van der Waals surface area contributed by atoms with Crippen molar-refractivity contribution in [3.63, 3.8) is 0 Å². The number of benzene rings is 1. The molecule has 0 spiro atoms. The molecule has 0 saturated carbocycles. The lowest BCUT2D eigenvalue weighted by atomic mass is 10.2. The summed E-state index contributed by atoms with van der Waals surface area (Å²) in [6.07, 6.45) is 2.04. The quantitative estimate of drug-likeness (QED) is 0.798. The van der Waals surface area contributed by atoms with Crippen LogP contribution >= 0.6 is 0 Å². The highest BCUT2D eigenvalue weighted by Crippen LogP contribution is 2.21. The van der Waals surface area contributed by atoms with E-state index >= 15 is 0 Å². The van der Waals surface area contributed by atoms with Gasteiger partial charge < -0.3 is 4.74 Å². The van der Waals surface area contributed by atoms with Gasteiger partial charge in [-0.3, -0.25) is 4.79 Å². The van der Waals surface area contributed by atoms with Gasteiger partial charge in [0.05, 0.1) is 4.90 Å². The van der Waals surface area contributed by atoms with Gasteiger partial charge in [-0.1, -0.05) is 17.7 Å². The van der Waals surface area contributed by atoms with Gasteiger partial charge in [0.2, 0.25) is 10.0 Å². The highest BCUT2D eigenvalue weighted by molar-refractivity contribution is 7.89. The average Bonchev–Trinajstić information content (AvgIpc) is 2.39. The Hall–Kier alpha value is -1.66. The van der Waals surface area contributed by atoms with E-state index in [-0.39, 0.29) is 17.4 Å². The summed E-state index contributed by atoms with van der Waals surface area (Å²) in [6, 6.07) is 6.76. The van der Waals surface area contributed by atoms with Crippen molar-refractivity contribution in [2.45, 2.75) is 25.2 Å². The second-order valence-corrected chi connectivity index (χ2v) is 6.63. The summed E-state index contributed by atoms with van der Waals surface area (Å²) in [7, 11) is -3.48. The van der Waals surface area contributed by atoms with Crippen molar-refractivity contribution in [3.8, 4) is 0 Å². The van der Waals surface area contributed by atoms with Gasteiger partial charge in [0.25, 0.3) is 0 Å². The van der Waals surface area contributed by atoms with Crippen molar-refractivity contribution in [2.24, 2.45) is 0 Å². The van der Waals surface area contributed by atoms with Crippen LogP contribution in [0.2, 0.25) is 0 Å². The van der Waals surface area contributed by atoms with Gasteiger partial charge in [0.15, 0.2) is 0 Å². The molecule has 1 aliphatic rings. The van der Waals surface area contributed by atoms with Crippen LogP contribution in [0.15, 0.2) is 41.0 Å². The Balaban J connectivity index is 2.15. The predicted molar refractivity (Wildman–Crippen MR) is 74.4 cm³/mol. The highest BCUT2D eigenvalue weighted by Gasteiger charge is 2.26. The standard InChI is InChI=1S/C14H17NO4S/c1-11-3-5-14(6-4-11)20(17,18)15-9-7-13(8-10-15)19-12(2)16/h3-7H,8-10H2,1-2H3. The summed E-state index contributed by atoms with van der Waals surface area (Å²) in [5, 5.41) is 0. The highest BCUT2D eigenvalue weighted by atomic mass is 32.2. The Morgan fingerprint density at radius 1 is 1.25 bits per heavy atom. The van der Waals surface area contributed by atoms with E-state index < -0.39 is 10.0 Å². The van der Waals surface area contributed by atoms with Gasteiger partial charge >= 0.3 is 5.97 Å². The maximum Gasteiger partial charge on any atom is 0.307 e. The van der Waals surface area contributed by atoms with Crippen molar-refractivity contribution >= 4 is 16.0 Å². The van der Waals surface area contributed by atoms with Gasteiger partial charge in [-0.25, -0.2) is 8.42 Å². The zero-order valence-electron chi connectivity index (χ0n) is 11.5. The summed E-state index contributed by atoms with van der Waals surface area (Å²) < 4.78 is 31.2. The largest absolute Gasteiger partial charge is 0.432 e. The van der Waals surface area contributed by atoms with E-state index in [1.807, 2.05) is 6.92 Å². The van der Waals surface area contributed by atoms with Crippen molar-refractivity contribution in [2.75, 3.05) is 13.1 Å². The molecular formula is C14H17NO4S. The molecule has 0 bridgehead atoms. The lowest BCUT2D eigenvalue weighted by Crippen LogP contribution is -2.35. The molecule has 108 valence electrons. The minimum Gasteiger partial charge on any atom is -0.432 e. The van der Waals surface area contributed by atoms with Gasteiger partial charge in [0, 0.05) is 26.4 Å². The van der Waals surface area contributed by atoms with Gasteiger partial charge in [0.1, 0.15) is 5.76 Å². The van der Waals surface area contributed by atoms with Crippen molar-refractivity contribution in [1.82, 2.24) is 4.31 Å². The summed E-state index contributed by atoms with van der Waals surface area (Å²) >= 11 is 0. The first kappa shape index (κ1) is 14.7. The molecule has 0 N–H and O–H groups in total. The topological polar surface area (TPSA) is 63.7 Å². The molecule has 0 saturated heterocycles. The molecule has 1 aromatic rings. The number of sulfonamides is 1. The first-order valence-corrected chi connectivity index (χ1v) is 7.78. The van der Waals surface area contributed by atoms with Crippen LogP contribution in [0.1, 0.15) is 18.9 Å². The molecule has 0 aromatic heterocycles. The number of hydrogen-bond acceptors (Lipinski definition) is 4. The number of aryl methyl sites for hydroxylation is 1. The van der Waals surface area contributed by atoms with Crippen LogP contribution in [0.25, 0.3) is 0 Å². The maximum atomic E-state index is 12.4. The number of rotatable bonds is 3. The zero-order valence-corrected chi connectivity index (χ0v) is 12.3. The number of carbonyl (C=O) groups is 1. The van der Waals surface area contributed by atoms with Gasteiger partial charge in [-0.2, -0.15) is 4.31 Å². The molecule has 0 aliphatic carbocycles. The van der Waals surface area contributed by atoms with E-state index in [1.165, 1.54) is 11.2 Å². The molecule has 20 heavy (non-hydrogen) atoms. The molecule has 0 amide bonds. The fourth-order valence-corrected chi connectivity index (χ4v) is 3.37. The Morgan fingerprint density at radius 3 is 2.40 bits per heavy atom. The zero-order chi connectivity index (χ0) is 14.8. The second kappa shape index (κ2) is 5.76. The Kier molecular flexibility index (Phi) is 4.25. The van der Waals surface area contributed by atoms with Gasteiger partial charge in [-0.05, 0) is 25.1 Å². The molecule has 1 aliphatic heterocycles. The van der Waals surface area contributed by atoms with E-state index in [4.69, 9.17) is 4.74 Å². The number of carbonyl (C=O) groups excluding carboxylic acids is 1. The van der Waals surface area contributed by atoms with Crippen LogP contribution < -0.4 is 0 Å². The predicted octanol–water partition coefficient (Wildman–Crippen LogP) is 1.84. The van der Waals surface area contributed by atoms with E-state index in [9.17, 15) is 13.2 Å².